The molecule has 3 N–H and O–H groups in total. The topological polar surface area (TPSA) is 85.2 Å². The van der Waals surface area contributed by atoms with E-state index in [0.29, 0.717) is 18.1 Å². The summed E-state index contributed by atoms with van der Waals surface area (Å²) >= 11 is 0. The van der Waals surface area contributed by atoms with Gasteiger partial charge in [-0.25, -0.2) is 0 Å². The van der Waals surface area contributed by atoms with Crippen LogP contribution in [0.4, 0.5) is 0 Å². The molecule has 0 unspecified atom stereocenters. The maximum absolute atomic E-state index is 9.41. The third kappa shape index (κ3) is 2.09. The Bertz CT molecular complexity index is 561. The Labute approximate surface area is 105 Å². The number of phenols is 1. The first-order valence-electron chi connectivity index (χ1n) is 6.06. The first kappa shape index (κ1) is 11.2. The normalized spacial score (nSPS) is 17.4. The van der Waals surface area contributed by atoms with Crippen LogP contribution in [0.25, 0.3) is 11.4 Å². The predicted molar refractivity (Wildman–Crippen MR) is 65.9 cm³/mol. The van der Waals surface area contributed by atoms with Crippen LogP contribution in [0.15, 0.2) is 28.8 Å². The monoisotopic (exact) mass is 245 g/mol. The molecule has 1 aromatic carbocycles. The van der Waals surface area contributed by atoms with Crippen LogP contribution in [0.3, 0.4) is 0 Å². The summed E-state index contributed by atoms with van der Waals surface area (Å²) in [6, 6.07) is 6.79. The minimum absolute atomic E-state index is 0.164. The Morgan fingerprint density at radius 2 is 2.22 bits per heavy atom. The fourth-order valence-electron chi connectivity index (χ4n) is 2.20. The van der Waals surface area contributed by atoms with Gasteiger partial charge in [-0.05, 0) is 31.4 Å². The van der Waals surface area contributed by atoms with Crippen molar-refractivity contribution in [3.05, 3.63) is 30.2 Å². The number of aromatic hydroxyl groups is 1. The number of nitrogens with zero attached hydrogens (tertiary/aromatic N) is 2. The van der Waals surface area contributed by atoms with Gasteiger partial charge in [0.05, 0.1) is 0 Å². The van der Waals surface area contributed by atoms with Gasteiger partial charge in [-0.3, -0.25) is 0 Å². The van der Waals surface area contributed by atoms with Crippen molar-refractivity contribution in [1.82, 2.24) is 10.1 Å². The molecule has 0 radical (unpaired) electrons. The fraction of sp³-hybridized carbons (Fsp3) is 0.385. The van der Waals surface area contributed by atoms with Crippen LogP contribution in [-0.4, -0.2) is 20.8 Å². The second-order valence-electron chi connectivity index (χ2n) is 4.95. The molecular formula is C13H15N3O2. The van der Waals surface area contributed by atoms with Crippen LogP contribution in [-0.2, 0) is 6.42 Å². The quantitative estimate of drug-likeness (QED) is 0.862. The summed E-state index contributed by atoms with van der Waals surface area (Å²) in [6.45, 7) is 0. The lowest BCUT2D eigenvalue weighted by atomic mass is 9.75. The second-order valence-corrected chi connectivity index (χ2v) is 4.95. The Kier molecular flexibility index (Phi) is 2.56. The average Bonchev–Trinajstić information content (AvgIpc) is 2.75. The van der Waals surface area contributed by atoms with Gasteiger partial charge < -0.3 is 15.4 Å². The number of nitrogens with two attached hydrogens (primary N) is 1. The molecule has 0 bridgehead atoms. The smallest absolute Gasteiger partial charge is 0.228 e. The standard InChI is InChI=1S/C13H15N3O2/c14-13(5-2-6-13)8-11-15-12(16-18-11)9-3-1-4-10(17)7-9/h1,3-4,7,17H,2,5-6,8,14H2. The van der Waals surface area contributed by atoms with Crippen molar-refractivity contribution in [2.24, 2.45) is 5.73 Å². The van der Waals surface area contributed by atoms with Crippen LogP contribution >= 0.6 is 0 Å². The van der Waals surface area contributed by atoms with E-state index in [2.05, 4.69) is 10.1 Å². The molecule has 1 aliphatic carbocycles. The van der Waals surface area contributed by atoms with Gasteiger partial charge in [0.2, 0.25) is 11.7 Å². The highest BCUT2D eigenvalue weighted by Gasteiger charge is 2.34. The van der Waals surface area contributed by atoms with E-state index in [1.165, 1.54) is 6.42 Å². The zero-order valence-corrected chi connectivity index (χ0v) is 9.97. The Morgan fingerprint density at radius 1 is 1.39 bits per heavy atom. The molecule has 0 saturated heterocycles. The molecule has 1 aliphatic rings. The molecule has 5 nitrogen and oxygen atoms in total. The second kappa shape index (κ2) is 4.10. The molecule has 0 spiro atoms. The van der Waals surface area contributed by atoms with E-state index >= 15 is 0 Å². The van der Waals surface area contributed by atoms with Gasteiger partial charge in [-0.2, -0.15) is 4.98 Å². The van der Waals surface area contributed by atoms with Gasteiger partial charge in [0.25, 0.3) is 0 Å². The largest absolute Gasteiger partial charge is 0.508 e. The number of phenolic OH excluding ortho intramolecular Hbond substituents is 1. The summed E-state index contributed by atoms with van der Waals surface area (Å²) in [5.41, 5.74) is 6.72. The van der Waals surface area contributed by atoms with Crippen molar-refractivity contribution in [2.75, 3.05) is 0 Å². The predicted octanol–water partition coefficient (Wildman–Crippen LogP) is 1.87. The molecule has 0 amide bonds. The molecule has 94 valence electrons. The first-order valence-corrected chi connectivity index (χ1v) is 6.06. The zero-order valence-electron chi connectivity index (χ0n) is 9.97. The fourth-order valence-corrected chi connectivity index (χ4v) is 2.20. The maximum Gasteiger partial charge on any atom is 0.228 e. The average molecular weight is 245 g/mol. The molecule has 1 aromatic heterocycles. The van der Waals surface area contributed by atoms with Crippen molar-refractivity contribution >= 4 is 0 Å². The van der Waals surface area contributed by atoms with Gasteiger partial charge in [0, 0.05) is 17.5 Å². The summed E-state index contributed by atoms with van der Waals surface area (Å²) in [4.78, 5) is 4.32. The number of aromatic nitrogens is 2. The van der Waals surface area contributed by atoms with Gasteiger partial charge in [0.1, 0.15) is 5.75 Å². The molecule has 0 atom stereocenters. The number of hydrogen-bond donors (Lipinski definition) is 2. The SMILES string of the molecule is NC1(Cc2nc(-c3cccc(O)c3)no2)CCC1. The van der Waals surface area contributed by atoms with Crippen molar-refractivity contribution in [2.45, 2.75) is 31.2 Å². The molecule has 0 aliphatic heterocycles. The summed E-state index contributed by atoms with van der Waals surface area (Å²) in [5.74, 6) is 1.24. The Morgan fingerprint density at radius 3 is 2.89 bits per heavy atom. The number of hydrogen-bond acceptors (Lipinski definition) is 5. The van der Waals surface area contributed by atoms with Gasteiger partial charge >= 0.3 is 0 Å². The molecule has 18 heavy (non-hydrogen) atoms. The van der Waals surface area contributed by atoms with E-state index in [1.54, 1.807) is 18.2 Å². The van der Waals surface area contributed by atoms with Crippen LogP contribution in [0.1, 0.15) is 25.2 Å². The number of benzene rings is 1. The van der Waals surface area contributed by atoms with Crippen LogP contribution in [0.2, 0.25) is 0 Å². The minimum Gasteiger partial charge on any atom is -0.508 e. The van der Waals surface area contributed by atoms with E-state index < -0.39 is 0 Å². The van der Waals surface area contributed by atoms with Crippen LogP contribution in [0.5, 0.6) is 5.75 Å². The maximum atomic E-state index is 9.41. The molecular weight excluding hydrogens is 230 g/mol. The lowest BCUT2D eigenvalue weighted by Gasteiger charge is -2.36. The highest BCUT2D eigenvalue weighted by atomic mass is 16.5. The Balaban J connectivity index is 1.81. The lowest BCUT2D eigenvalue weighted by molar-refractivity contribution is 0.222. The summed E-state index contributed by atoms with van der Waals surface area (Å²) in [7, 11) is 0. The van der Waals surface area contributed by atoms with Crippen molar-refractivity contribution in [3.8, 4) is 17.1 Å². The first-order chi connectivity index (χ1) is 8.65. The van der Waals surface area contributed by atoms with Gasteiger partial charge in [0.15, 0.2) is 0 Å². The van der Waals surface area contributed by atoms with E-state index in [9.17, 15) is 5.11 Å². The molecule has 1 heterocycles. The molecule has 2 aromatic rings. The summed E-state index contributed by atoms with van der Waals surface area (Å²) in [6.07, 6.45) is 3.82. The third-order valence-corrected chi connectivity index (χ3v) is 3.43. The molecule has 3 rings (SSSR count). The van der Waals surface area contributed by atoms with E-state index in [0.717, 1.165) is 18.4 Å². The molecule has 1 saturated carbocycles. The van der Waals surface area contributed by atoms with Crippen LogP contribution < -0.4 is 5.73 Å². The molecule has 1 fully saturated rings. The summed E-state index contributed by atoms with van der Waals surface area (Å²) in [5, 5.41) is 13.3. The Hall–Kier alpha value is -1.88. The lowest BCUT2D eigenvalue weighted by Crippen LogP contribution is -2.48. The zero-order chi connectivity index (χ0) is 12.6. The van der Waals surface area contributed by atoms with E-state index in [-0.39, 0.29) is 11.3 Å². The van der Waals surface area contributed by atoms with Gasteiger partial charge in [-0.1, -0.05) is 17.3 Å². The van der Waals surface area contributed by atoms with Gasteiger partial charge in [-0.15, -0.1) is 0 Å². The third-order valence-electron chi connectivity index (χ3n) is 3.43. The van der Waals surface area contributed by atoms with Crippen LogP contribution in [0, 0.1) is 0 Å². The summed E-state index contributed by atoms with van der Waals surface area (Å²) < 4.78 is 5.21. The highest BCUT2D eigenvalue weighted by Crippen LogP contribution is 2.32. The molecule has 5 heteroatoms. The number of rotatable bonds is 3. The van der Waals surface area contributed by atoms with Crippen molar-refractivity contribution in [3.63, 3.8) is 0 Å². The van der Waals surface area contributed by atoms with E-state index in [1.807, 2.05) is 6.07 Å². The minimum atomic E-state index is -0.164. The highest BCUT2D eigenvalue weighted by molar-refractivity contribution is 5.56. The van der Waals surface area contributed by atoms with Crippen molar-refractivity contribution in [1.29, 1.82) is 0 Å². The van der Waals surface area contributed by atoms with Crippen molar-refractivity contribution < 1.29 is 9.63 Å². The van der Waals surface area contributed by atoms with E-state index in [4.69, 9.17) is 10.3 Å².